The van der Waals surface area contributed by atoms with E-state index < -0.39 is 0 Å². The van der Waals surface area contributed by atoms with Crippen molar-refractivity contribution < 1.29 is 4.79 Å². The molecule has 0 aliphatic carbocycles. The first-order valence-corrected chi connectivity index (χ1v) is 11.1. The van der Waals surface area contributed by atoms with Crippen LogP contribution in [0.1, 0.15) is 40.9 Å². The fraction of sp³-hybridized carbons (Fsp3) is 0.320. The number of nitrogens with zero attached hydrogens (tertiary/aromatic N) is 7. The van der Waals surface area contributed by atoms with Crippen molar-refractivity contribution in [3.63, 3.8) is 0 Å². The maximum absolute atomic E-state index is 13.6. The standard InChI is InChI=1S/C25H27N7O/c1-4-31(29-27-3)23-13-12-21-25(28-23)24(22(33)17-30-14-6-5-7-15-30)18(2)32(21)20-10-8-19(16-26)9-11-20/h4,8-13H,1,5-7,14-15,17H2,2-3H3. The number of anilines is 1. The molecule has 3 aromatic rings. The van der Waals surface area contributed by atoms with Crippen LogP contribution in [-0.4, -0.2) is 46.9 Å². The number of ketones is 1. The van der Waals surface area contributed by atoms with Crippen LogP contribution in [0.25, 0.3) is 16.7 Å². The summed E-state index contributed by atoms with van der Waals surface area (Å²) >= 11 is 0. The zero-order valence-electron chi connectivity index (χ0n) is 19.0. The molecule has 0 radical (unpaired) electrons. The largest absolute Gasteiger partial charge is 0.312 e. The van der Waals surface area contributed by atoms with E-state index >= 15 is 0 Å². The van der Waals surface area contributed by atoms with Gasteiger partial charge in [0.05, 0.1) is 36.3 Å². The normalized spacial score (nSPS) is 14.5. The van der Waals surface area contributed by atoms with Gasteiger partial charge >= 0.3 is 0 Å². The number of carbonyl (C=O) groups is 1. The average Bonchev–Trinajstić information content (AvgIpc) is 3.14. The van der Waals surface area contributed by atoms with Crippen molar-refractivity contribution in [3.05, 3.63) is 66.0 Å². The van der Waals surface area contributed by atoms with E-state index in [0.29, 0.717) is 29.0 Å². The molecule has 1 aliphatic rings. The van der Waals surface area contributed by atoms with Crippen molar-refractivity contribution >= 4 is 22.6 Å². The molecule has 2 aromatic heterocycles. The molecule has 168 valence electrons. The van der Waals surface area contributed by atoms with Gasteiger partial charge in [-0.25, -0.2) is 9.99 Å². The minimum Gasteiger partial charge on any atom is -0.312 e. The molecule has 3 heterocycles. The number of benzene rings is 1. The van der Waals surface area contributed by atoms with Gasteiger partial charge < -0.3 is 4.57 Å². The lowest BCUT2D eigenvalue weighted by atomic mass is 10.1. The van der Waals surface area contributed by atoms with Crippen LogP contribution in [0, 0.1) is 18.3 Å². The van der Waals surface area contributed by atoms with E-state index in [1.807, 2.05) is 35.8 Å². The molecular formula is C25H27N7O. The van der Waals surface area contributed by atoms with Crippen LogP contribution in [-0.2, 0) is 0 Å². The van der Waals surface area contributed by atoms with Crippen LogP contribution in [0.3, 0.4) is 0 Å². The highest BCUT2D eigenvalue weighted by molar-refractivity contribution is 6.09. The summed E-state index contributed by atoms with van der Waals surface area (Å²) in [6, 6.07) is 13.2. The number of piperidine rings is 1. The Bertz CT molecular complexity index is 1240. The minimum absolute atomic E-state index is 0.0544. The quantitative estimate of drug-likeness (QED) is 0.298. The number of Topliss-reactive ketones (excluding diaryl/α,β-unsaturated/α-hetero) is 1. The van der Waals surface area contributed by atoms with Crippen LogP contribution in [0.2, 0.25) is 0 Å². The van der Waals surface area contributed by atoms with E-state index in [9.17, 15) is 4.79 Å². The number of nitriles is 1. The van der Waals surface area contributed by atoms with Crippen molar-refractivity contribution in [3.8, 4) is 11.8 Å². The maximum atomic E-state index is 13.6. The molecule has 1 aliphatic heterocycles. The molecule has 0 saturated carbocycles. The molecular weight excluding hydrogens is 414 g/mol. The predicted molar refractivity (Wildman–Crippen MR) is 129 cm³/mol. The molecule has 0 spiro atoms. The van der Waals surface area contributed by atoms with E-state index in [1.165, 1.54) is 17.6 Å². The van der Waals surface area contributed by atoms with Crippen molar-refractivity contribution in [1.29, 1.82) is 5.26 Å². The zero-order chi connectivity index (χ0) is 23.4. The van der Waals surface area contributed by atoms with Crippen molar-refractivity contribution in [1.82, 2.24) is 14.5 Å². The summed E-state index contributed by atoms with van der Waals surface area (Å²) < 4.78 is 2.02. The van der Waals surface area contributed by atoms with Crippen LogP contribution < -0.4 is 5.01 Å². The summed E-state index contributed by atoms with van der Waals surface area (Å²) in [5.41, 5.74) is 4.33. The van der Waals surface area contributed by atoms with Gasteiger partial charge in [0.25, 0.3) is 0 Å². The molecule has 1 fully saturated rings. The SMILES string of the molecule is C=CN(N=NC)c1ccc2c(n1)c(C(=O)CN1CCCCC1)c(C)n2-c1ccc(C#N)cc1. The van der Waals surface area contributed by atoms with Crippen molar-refractivity contribution in [2.45, 2.75) is 26.2 Å². The van der Waals surface area contributed by atoms with E-state index in [1.54, 1.807) is 19.2 Å². The fourth-order valence-electron chi connectivity index (χ4n) is 4.42. The van der Waals surface area contributed by atoms with Gasteiger partial charge in [0, 0.05) is 17.6 Å². The maximum Gasteiger partial charge on any atom is 0.180 e. The second-order valence-electron chi connectivity index (χ2n) is 8.07. The van der Waals surface area contributed by atoms with Gasteiger partial charge in [0.15, 0.2) is 11.6 Å². The summed E-state index contributed by atoms with van der Waals surface area (Å²) in [6.45, 7) is 7.99. The van der Waals surface area contributed by atoms with Gasteiger partial charge in [-0.15, -0.1) is 0 Å². The number of pyridine rings is 1. The van der Waals surface area contributed by atoms with Gasteiger partial charge in [-0.1, -0.05) is 18.2 Å². The number of hydrogen-bond donors (Lipinski definition) is 0. The highest BCUT2D eigenvalue weighted by atomic mass is 16.1. The first kappa shape index (κ1) is 22.4. The molecule has 0 atom stereocenters. The lowest BCUT2D eigenvalue weighted by Gasteiger charge is -2.25. The Labute approximate surface area is 193 Å². The minimum atomic E-state index is 0.0544. The van der Waals surface area contributed by atoms with Gasteiger partial charge in [0.2, 0.25) is 0 Å². The van der Waals surface area contributed by atoms with E-state index in [2.05, 4.69) is 27.9 Å². The third-order valence-electron chi connectivity index (χ3n) is 5.98. The lowest BCUT2D eigenvalue weighted by molar-refractivity contribution is 0.0916. The summed E-state index contributed by atoms with van der Waals surface area (Å²) in [4.78, 5) is 20.6. The highest BCUT2D eigenvalue weighted by Crippen LogP contribution is 2.31. The van der Waals surface area contributed by atoms with Gasteiger partial charge in [0.1, 0.15) is 5.52 Å². The molecule has 4 rings (SSSR count). The predicted octanol–water partition coefficient (Wildman–Crippen LogP) is 4.82. The van der Waals surface area contributed by atoms with E-state index in [-0.39, 0.29) is 5.78 Å². The number of fused-ring (bicyclic) bond motifs is 1. The number of rotatable bonds is 7. The van der Waals surface area contributed by atoms with Gasteiger partial charge in [-0.3, -0.25) is 9.69 Å². The molecule has 0 amide bonds. The Morgan fingerprint density at radius 2 is 1.94 bits per heavy atom. The first-order chi connectivity index (χ1) is 16.1. The molecule has 33 heavy (non-hydrogen) atoms. The number of carbonyl (C=O) groups excluding carboxylic acids is 1. The van der Waals surface area contributed by atoms with Crippen LogP contribution >= 0.6 is 0 Å². The fourth-order valence-corrected chi connectivity index (χ4v) is 4.42. The monoisotopic (exact) mass is 441 g/mol. The molecule has 8 nitrogen and oxygen atoms in total. The van der Waals surface area contributed by atoms with Crippen LogP contribution in [0.4, 0.5) is 5.82 Å². The Morgan fingerprint density at radius 1 is 1.21 bits per heavy atom. The van der Waals surface area contributed by atoms with Crippen molar-refractivity contribution in [2.24, 2.45) is 10.3 Å². The molecule has 0 unspecified atom stereocenters. The van der Waals surface area contributed by atoms with Crippen LogP contribution in [0.5, 0.6) is 0 Å². The molecule has 8 heteroatoms. The van der Waals surface area contributed by atoms with Gasteiger partial charge in [-0.05, 0) is 69.3 Å². The molecule has 0 N–H and O–H groups in total. The number of hydrogen-bond acceptors (Lipinski definition) is 6. The Kier molecular flexibility index (Phi) is 6.61. The third-order valence-corrected chi connectivity index (χ3v) is 5.98. The lowest BCUT2D eigenvalue weighted by Crippen LogP contribution is -2.34. The molecule has 1 aromatic carbocycles. The Morgan fingerprint density at radius 3 is 2.58 bits per heavy atom. The summed E-state index contributed by atoms with van der Waals surface area (Å²) in [6.07, 6.45) is 4.99. The van der Waals surface area contributed by atoms with Gasteiger partial charge in [-0.2, -0.15) is 10.4 Å². The van der Waals surface area contributed by atoms with Crippen LogP contribution in [0.15, 0.2) is 59.5 Å². The first-order valence-electron chi connectivity index (χ1n) is 11.1. The average molecular weight is 442 g/mol. The second-order valence-corrected chi connectivity index (χ2v) is 8.07. The summed E-state index contributed by atoms with van der Waals surface area (Å²) in [5.74, 6) is 0.589. The van der Waals surface area contributed by atoms with Crippen molar-refractivity contribution in [2.75, 3.05) is 31.7 Å². The highest BCUT2D eigenvalue weighted by Gasteiger charge is 2.25. The molecule has 0 bridgehead atoms. The van der Waals surface area contributed by atoms with E-state index in [0.717, 1.165) is 42.8 Å². The zero-order valence-corrected chi connectivity index (χ0v) is 19.0. The second kappa shape index (κ2) is 9.76. The summed E-state index contributed by atoms with van der Waals surface area (Å²) in [7, 11) is 1.58. The third kappa shape index (κ3) is 4.41. The Balaban J connectivity index is 1.87. The number of aromatic nitrogens is 2. The Hall–Kier alpha value is -3.83. The topological polar surface area (TPSA) is 89.9 Å². The molecule has 1 saturated heterocycles. The smallest absolute Gasteiger partial charge is 0.180 e. The van der Waals surface area contributed by atoms with E-state index in [4.69, 9.17) is 10.2 Å². The number of likely N-dealkylation sites (tertiary alicyclic amines) is 1. The summed E-state index contributed by atoms with van der Waals surface area (Å²) in [5, 5.41) is 18.5.